The van der Waals surface area contributed by atoms with Crippen LogP contribution in [0.3, 0.4) is 0 Å². The molecular formula is C24H25N3O5S. The number of nitrogens with one attached hydrogen (secondary N) is 2. The molecule has 8 nitrogen and oxygen atoms in total. The molecule has 1 aromatic heterocycles. The van der Waals surface area contributed by atoms with Crippen LogP contribution in [0.25, 0.3) is 11.1 Å². The number of ether oxygens (including phenoxy) is 2. The van der Waals surface area contributed by atoms with E-state index in [1.807, 2.05) is 31.2 Å². The second kappa shape index (κ2) is 7.86. The van der Waals surface area contributed by atoms with Gasteiger partial charge in [0.2, 0.25) is 22.7 Å². The van der Waals surface area contributed by atoms with E-state index in [9.17, 15) is 13.2 Å². The second-order valence-electron chi connectivity index (χ2n) is 8.23. The quantitative estimate of drug-likeness (QED) is 0.574. The molecule has 1 fully saturated rings. The summed E-state index contributed by atoms with van der Waals surface area (Å²) in [4.78, 5) is 17.8. The van der Waals surface area contributed by atoms with Crippen molar-refractivity contribution in [2.45, 2.75) is 30.1 Å². The number of carbonyl (C=O) groups is 1. The van der Waals surface area contributed by atoms with Gasteiger partial charge in [-0.1, -0.05) is 18.2 Å². The number of carbonyl (C=O) groups excluding carboxylic acids is 1. The fourth-order valence-corrected chi connectivity index (χ4v) is 4.73. The Balaban J connectivity index is 0.00000274. The minimum atomic E-state index is -3.49. The van der Waals surface area contributed by atoms with Gasteiger partial charge in [0.25, 0.3) is 0 Å². The van der Waals surface area contributed by atoms with E-state index in [4.69, 9.17) is 9.47 Å². The van der Waals surface area contributed by atoms with Gasteiger partial charge in [-0.15, -0.1) is 0 Å². The van der Waals surface area contributed by atoms with Crippen LogP contribution in [0.4, 0.5) is 5.82 Å². The normalized spacial score (nSPS) is 15.8. The van der Waals surface area contributed by atoms with Gasteiger partial charge in [-0.3, -0.25) is 4.79 Å². The lowest BCUT2D eigenvalue weighted by molar-refractivity contribution is -0.118. The average Bonchev–Trinajstić information content (AvgIpc) is 3.51. The number of fused-ring (bicyclic) bond motifs is 1. The number of benzene rings is 2. The number of aromatic nitrogens is 1. The van der Waals surface area contributed by atoms with E-state index >= 15 is 0 Å². The summed E-state index contributed by atoms with van der Waals surface area (Å²) in [7, 11) is -2.11. The zero-order chi connectivity index (χ0) is 23.2. The number of aryl methyl sites for hydroxylation is 1. The van der Waals surface area contributed by atoms with Crippen LogP contribution in [0.2, 0.25) is 0 Å². The van der Waals surface area contributed by atoms with E-state index in [2.05, 4.69) is 15.0 Å². The summed E-state index contributed by atoms with van der Waals surface area (Å²) in [6, 6.07) is 14.1. The number of rotatable bonds is 6. The number of hydrogen-bond acceptors (Lipinski definition) is 6. The molecule has 0 bridgehead atoms. The van der Waals surface area contributed by atoms with Gasteiger partial charge < -0.3 is 14.8 Å². The molecule has 2 aliphatic rings. The smallest absolute Gasteiger partial charge is 0.240 e. The Morgan fingerprint density at radius 2 is 1.76 bits per heavy atom. The highest BCUT2D eigenvalue weighted by Gasteiger charge is 2.51. The molecule has 5 rings (SSSR count). The highest BCUT2D eigenvalue weighted by atomic mass is 32.2. The average molecular weight is 468 g/mol. The molecule has 33 heavy (non-hydrogen) atoms. The Hall–Kier alpha value is -3.43. The highest BCUT2D eigenvalue weighted by molar-refractivity contribution is 7.89. The minimum Gasteiger partial charge on any atom is -0.454 e. The molecular weight excluding hydrogens is 442 g/mol. The third-order valence-electron chi connectivity index (χ3n) is 6.19. The summed E-state index contributed by atoms with van der Waals surface area (Å²) >= 11 is 0. The maximum absolute atomic E-state index is 13.2. The molecule has 172 valence electrons. The molecule has 0 unspecified atom stereocenters. The summed E-state index contributed by atoms with van der Waals surface area (Å²) in [6.45, 7) is 2.08. The lowest BCUT2D eigenvalue weighted by Gasteiger charge is -2.17. The number of hydrogen-bond donors (Lipinski definition) is 2. The van der Waals surface area contributed by atoms with Crippen molar-refractivity contribution in [1.82, 2.24) is 9.71 Å². The summed E-state index contributed by atoms with van der Waals surface area (Å²) in [5.74, 6) is 1.77. The first-order valence-electron chi connectivity index (χ1n) is 10.5. The Morgan fingerprint density at radius 1 is 1.03 bits per heavy atom. The van der Waals surface area contributed by atoms with Gasteiger partial charge in [-0.25, -0.2) is 18.1 Å². The van der Waals surface area contributed by atoms with E-state index in [0.29, 0.717) is 17.3 Å². The molecule has 1 aliphatic carbocycles. The van der Waals surface area contributed by atoms with Crippen LogP contribution < -0.4 is 19.5 Å². The number of nitrogens with zero attached hydrogens (tertiary/aromatic N) is 1. The SMILES string of the molecule is CNS(=O)(=O)c1ccc(-c2cnc(NC(=O)C3(c4ccc5c(c4)OCO5)CC3)c(C)c2)cc1.[HH]. The number of amides is 1. The Labute approximate surface area is 193 Å². The molecule has 2 aromatic carbocycles. The van der Waals surface area contributed by atoms with Crippen molar-refractivity contribution in [2.75, 3.05) is 19.2 Å². The van der Waals surface area contributed by atoms with E-state index in [1.54, 1.807) is 30.5 Å². The van der Waals surface area contributed by atoms with E-state index in [-0.39, 0.29) is 19.0 Å². The van der Waals surface area contributed by atoms with Crippen molar-refractivity contribution >= 4 is 21.7 Å². The van der Waals surface area contributed by atoms with Crippen LogP contribution in [0.1, 0.15) is 25.4 Å². The number of sulfonamides is 1. The first kappa shape index (κ1) is 21.4. The van der Waals surface area contributed by atoms with Gasteiger partial charge in [0.05, 0.1) is 10.3 Å². The summed E-state index contributed by atoms with van der Waals surface area (Å²) in [6.07, 6.45) is 3.19. The third kappa shape index (κ3) is 3.83. The molecule has 2 N–H and O–H groups in total. The first-order valence-corrected chi connectivity index (χ1v) is 12.0. The zero-order valence-corrected chi connectivity index (χ0v) is 19.0. The lowest BCUT2D eigenvalue weighted by Crippen LogP contribution is -2.28. The zero-order valence-electron chi connectivity index (χ0n) is 18.2. The molecule has 1 aliphatic heterocycles. The molecule has 0 spiro atoms. The molecule has 3 aromatic rings. The monoisotopic (exact) mass is 467 g/mol. The van der Waals surface area contributed by atoms with Crippen LogP contribution in [-0.4, -0.2) is 33.1 Å². The molecule has 1 saturated carbocycles. The van der Waals surface area contributed by atoms with Gasteiger partial charge in [-0.2, -0.15) is 0 Å². The molecule has 2 heterocycles. The van der Waals surface area contributed by atoms with Crippen molar-refractivity contribution in [3.8, 4) is 22.6 Å². The van der Waals surface area contributed by atoms with Crippen molar-refractivity contribution in [3.05, 3.63) is 65.9 Å². The maximum atomic E-state index is 13.2. The summed E-state index contributed by atoms with van der Waals surface area (Å²) < 4.78 is 37.0. The molecule has 0 atom stereocenters. The fourth-order valence-electron chi connectivity index (χ4n) is 4.00. The highest BCUT2D eigenvalue weighted by Crippen LogP contribution is 2.51. The van der Waals surface area contributed by atoms with Gasteiger partial charge in [0, 0.05) is 13.2 Å². The van der Waals surface area contributed by atoms with Crippen LogP contribution in [0.5, 0.6) is 11.5 Å². The minimum absolute atomic E-state index is 0. The van der Waals surface area contributed by atoms with Gasteiger partial charge in [0.15, 0.2) is 11.5 Å². The van der Waals surface area contributed by atoms with Crippen LogP contribution in [0, 0.1) is 6.92 Å². The lowest BCUT2D eigenvalue weighted by atomic mass is 9.94. The van der Waals surface area contributed by atoms with Crippen molar-refractivity contribution < 1.29 is 24.1 Å². The van der Waals surface area contributed by atoms with Crippen LogP contribution in [-0.2, 0) is 20.2 Å². The first-order chi connectivity index (χ1) is 15.8. The van der Waals surface area contributed by atoms with Gasteiger partial charge in [-0.05, 0) is 73.8 Å². The third-order valence-corrected chi connectivity index (χ3v) is 7.62. The Bertz CT molecular complexity index is 1360. The molecule has 9 heteroatoms. The van der Waals surface area contributed by atoms with E-state index < -0.39 is 15.4 Å². The van der Waals surface area contributed by atoms with Crippen molar-refractivity contribution in [3.63, 3.8) is 0 Å². The topological polar surface area (TPSA) is 107 Å². The molecule has 0 saturated heterocycles. The van der Waals surface area contributed by atoms with E-state index in [1.165, 1.54) is 7.05 Å². The second-order valence-corrected chi connectivity index (χ2v) is 10.1. The van der Waals surface area contributed by atoms with Crippen molar-refractivity contribution in [1.29, 1.82) is 0 Å². The number of pyridine rings is 1. The largest absolute Gasteiger partial charge is 0.454 e. The van der Waals surface area contributed by atoms with Gasteiger partial charge >= 0.3 is 0 Å². The van der Waals surface area contributed by atoms with Gasteiger partial charge in [0.1, 0.15) is 5.82 Å². The van der Waals surface area contributed by atoms with Crippen LogP contribution in [0.15, 0.2) is 59.6 Å². The summed E-state index contributed by atoms with van der Waals surface area (Å²) in [5, 5.41) is 2.98. The van der Waals surface area contributed by atoms with E-state index in [0.717, 1.165) is 35.1 Å². The van der Waals surface area contributed by atoms with Crippen molar-refractivity contribution in [2.24, 2.45) is 0 Å². The Kier molecular flexibility index (Phi) is 5.10. The van der Waals surface area contributed by atoms with Crippen LogP contribution >= 0.6 is 0 Å². The number of anilines is 1. The molecule has 1 amide bonds. The molecule has 0 radical (unpaired) electrons. The summed E-state index contributed by atoms with van der Waals surface area (Å²) in [5.41, 5.74) is 2.81. The predicted octanol–water partition coefficient (Wildman–Crippen LogP) is 3.61. The fraction of sp³-hybridized carbons (Fsp3) is 0.250. The maximum Gasteiger partial charge on any atom is 0.240 e. The Morgan fingerprint density at radius 3 is 2.42 bits per heavy atom. The predicted molar refractivity (Wildman–Crippen MR) is 125 cm³/mol. The standard InChI is InChI=1S/C24H23N3O5S.H2/c1-15-11-17(16-3-6-19(7-4-16)33(29,30)25-2)13-26-22(15)27-23(28)24(9-10-24)18-5-8-20-21(12-18)32-14-31-20;/h3-8,11-13,25H,9-10,14H2,1-2H3,(H,26,27,28);1H.